The van der Waals surface area contributed by atoms with E-state index in [0.29, 0.717) is 17.8 Å². The van der Waals surface area contributed by atoms with Crippen molar-refractivity contribution in [3.63, 3.8) is 0 Å². The predicted octanol–water partition coefficient (Wildman–Crippen LogP) is 2.47. The van der Waals surface area contributed by atoms with Gasteiger partial charge >= 0.3 is 0 Å². The Hall–Kier alpha value is -1.92. The molecule has 0 aliphatic heterocycles. The molecule has 1 amide bonds. The Balaban J connectivity index is 0.00000264. The van der Waals surface area contributed by atoms with E-state index in [2.05, 4.69) is 5.10 Å². The average molecular weight is 341 g/mol. The highest BCUT2D eigenvalue weighted by atomic mass is 35.5. The number of benzene rings is 1. The van der Waals surface area contributed by atoms with Crippen molar-refractivity contribution in [2.75, 3.05) is 13.6 Å². The number of rotatable bonds is 4. The lowest BCUT2D eigenvalue weighted by Gasteiger charge is -2.23. The number of aryl methyl sites for hydroxylation is 2. The van der Waals surface area contributed by atoms with E-state index in [1.165, 1.54) is 15.6 Å². The molecule has 23 heavy (non-hydrogen) atoms. The summed E-state index contributed by atoms with van der Waals surface area (Å²) < 4.78 is 15.9. The minimum Gasteiger partial charge on any atom is -0.338 e. The van der Waals surface area contributed by atoms with E-state index in [4.69, 9.17) is 5.73 Å². The van der Waals surface area contributed by atoms with E-state index >= 15 is 0 Å². The molecule has 7 heteroatoms. The fourth-order valence-electron chi connectivity index (χ4n) is 2.25. The Labute approximate surface area is 141 Å². The van der Waals surface area contributed by atoms with Crippen LogP contribution in [-0.2, 0) is 0 Å². The van der Waals surface area contributed by atoms with Crippen molar-refractivity contribution in [2.45, 2.75) is 26.8 Å². The summed E-state index contributed by atoms with van der Waals surface area (Å²) >= 11 is 0. The van der Waals surface area contributed by atoms with Gasteiger partial charge in [-0.15, -0.1) is 12.4 Å². The zero-order valence-corrected chi connectivity index (χ0v) is 14.5. The Bertz CT molecular complexity index is 701. The monoisotopic (exact) mass is 340 g/mol. The van der Waals surface area contributed by atoms with Gasteiger partial charge in [0.05, 0.1) is 5.69 Å². The lowest BCUT2D eigenvalue weighted by molar-refractivity contribution is 0.0748. The van der Waals surface area contributed by atoms with E-state index in [9.17, 15) is 9.18 Å². The molecule has 126 valence electrons. The van der Waals surface area contributed by atoms with Gasteiger partial charge in [-0.3, -0.25) is 4.79 Å². The van der Waals surface area contributed by atoms with Crippen LogP contribution in [0.3, 0.4) is 0 Å². The predicted molar refractivity (Wildman–Crippen MR) is 90.9 cm³/mol. The minimum atomic E-state index is -0.481. The molecule has 0 bridgehead atoms. The van der Waals surface area contributed by atoms with Gasteiger partial charge in [0.25, 0.3) is 5.91 Å². The standard InChI is InChI=1S/C16H21FN4O.ClH/c1-10-7-11(2)21(19-10)15-6-5-13(8-14(15)17)16(22)20(4)12(3)9-18;/h5-8,12H,9,18H2,1-4H3;1H. The molecule has 0 radical (unpaired) electrons. The first-order chi connectivity index (χ1) is 10.3. The van der Waals surface area contributed by atoms with E-state index < -0.39 is 5.82 Å². The molecule has 0 aliphatic rings. The van der Waals surface area contributed by atoms with Crippen LogP contribution in [-0.4, -0.2) is 40.2 Å². The highest BCUT2D eigenvalue weighted by Gasteiger charge is 2.18. The van der Waals surface area contributed by atoms with Gasteiger partial charge in [0, 0.05) is 30.9 Å². The normalized spacial score (nSPS) is 11.7. The van der Waals surface area contributed by atoms with Crippen LogP contribution in [0, 0.1) is 19.7 Å². The quantitative estimate of drug-likeness (QED) is 0.930. The van der Waals surface area contributed by atoms with Crippen molar-refractivity contribution in [1.29, 1.82) is 0 Å². The molecule has 0 aliphatic carbocycles. The van der Waals surface area contributed by atoms with E-state index in [1.807, 2.05) is 26.8 Å². The van der Waals surface area contributed by atoms with Gasteiger partial charge in [-0.05, 0) is 45.0 Å². The maximum absolute atomic E-state index is 14.4. The molecule has 0 fully saturated rings. The number of aromatic nitrogens is 2. The highest BCUT2D eigenvalue weighted by molar-refractivity contribution is 5.94. The maximum Gasteiger partial charge on any atom is 0.253 e. The maximum atomic E-state index is 14.4. The number of nitrogens with zero attached hydrogens (tertiary/aromatic N) is 3. The smallest absolute Gasteiger partial charge is 0.253 e. The van der Waals surface area contributed by atoms with Crippen molar-refractivity contribution >= 4 is 18.3 Å². The molecule has 1 atom stereocenters. The van der Waals surface area contributed by atoms with Crippen LogP contribution in [0.1, 0.15) is 28.7 Å². The molecule has 0 saturated heterocycles. The summed E-state index contributed by atoms with van der Waals surface area (Å²) in [5.41, 5.74) is 7.84. The number of halogens is 2. The molecular weight excluding hydrogens is 319 g/mol. The molecule has 1 aromatic heterocycles. The molecule has 5 nitrogen and oxygen atoms in total. The van der Waals surface area contributed by atoms with Gasteiger partial charge in [-0.25, -0.2) is 9.07 Å². The summed E-state index contributed by atoms with van der Waals surface area (Å²) in [4.78, 5) is 13.8. The topological polar surface area (TPSA) is 64.2 Å². The number of amides is 1. The van der Waals surface area contributed by atoms with Gasteiger partial charge in [0.1, 0.15) is 11.5 Å². The van der Waals surface area contributed by atoms with E-state index in [-0.39, 0.29) is 24.4 Å². The van der Waals surface area contributed by atoms with Crippen LogP contribution in [0.15, 0.2) is 24.3 Å². The van der Waals surface area contributed by atoms with Crippen molar-refractivity contribution in [2.24, 2.45) is 5.73 Å². The molecule has 2 rings (SSSR count). The Morgan fingerprint density at radius 2 is 2.04 bits per heavy atom. The van der Waals surface area contributed by atoms with Crippen LogP contribution in [0.4, 0.5) is 4.39 Å². The zero-order chi connectivity index (χ0) is 16.4. The van der Waals surface area contributed by atoms with Gasteiger partial charge in [-0.1, -0.05) is 0 Å². The lowest BCUT2D eigenvalue weighted by Crippen LogP contribution is -2.39. The second kappa shape index (κ2) is 7.57. The Morgan fingerprint density at radius 3 is 2.52 bits per heavy atom. The van der Waals surface area contributed by atoms with Crippen LogP contribution < -0.4 is 5.73 Å². The SMILES string of the molecule is Cc1cc(C)n(-c2ccc(C(=O)N(C)C(C)CN)cc2F)n1.Cl. The number of carbonyl (C=O) groups is 1. The molecule has 1 unspecified atom stereocenters. The third-order valence-corrected chi connectivity index (χ3v) is 3.76. The molecule has 2 N–H and O–H groups in total. The van der Waals surface area contributed by atoms with E-state index in [0.717, 1.165) is 11.4 Å². The summed E-state index contributed by atoms with van der Waals surface area (Å²) in [5, 5.41) is 4.26. The summed E-state index contributed by atoms with van der Waals surface area (Å²) in [6, 6.07) is 6.19. The summed E-state index contributed by atoms with van der Waals surface area (Å²) in [7, 11) is 1.66. The number of nitrogens with two attached hydrogens (primary N) is 1. The molecule has 1 aromatic carbocycles. The molecule has 1 heterocycles. The first-order valence-corrected chi connectivity index (χ1v) is 7.15. The first kappa shape index (κ1) is 19.1. The highest BCUT2D eigenvalue weighted by Crippen LogP contribution is 2.18. The van der Waals surface area contributed by atoms with Gasteiger partial charge < -0.3 is 10.6 Å². The second-order valence-electron chi connectivity index (χ2n) is 5.51. The van der Waals surface area contributed by atoms with Gasteiger partial charge in [0.15, 0.2) is 0 Å². The van der Waals surface area contributed by atoms with Gasteiger partial charge in [-0.2, -0.15) is 5.10 Å². The fraction of sp³-hybridized carbons (Fsp3) is 0.375. The van der Waals surface area contributed by atoms with Crippen LogP contribution in [0.5, 0.6) is 0 Å². The van der Waals surface area contributed by atoms with Crippen molar-refractivity contribution in [1.82, 2.24) is 14.7 Å². The number of hydrogen-bond acceptors (Lipinski definition) is 3. The van der Waals surface area contributed by atoms with E-state index in [1.54, 1.807) is 19.2 Å². The minimum absolute atomic E-state index is 0. The van der Waals surface area contributed by atoms with Crippen molar-refractivity contribution in [3.8, 4) is 5.69 Å². The van der Waals surface area contributed by atoms with Crippen molar-refractivity contribution < 1.29 is 9.18 Å². The first-order valence-electron chi connectivity index (χ1n) is 7.15. The van der Waals surface area contributed by atoms with Gasteiger partial charge in [0.2, 0.25) is 0 Å². The van der Waals surface area contributed by atoms with Crippen LogP contribution in [0.25, 0.3) is 5.69 Å². The Kier molecular flexibility index (Phi) is 6.29. The number of likely N-dealkylation sites (N-methyl/N-ethyl adjacent to an activating group) is 1. The summed E-state index contributed by atoms with van der Waals surface area (Å²) in [6.07, 6.45) is 0. The zero-order valence-electron chi connectivity index (χ0n) is 13.7. The van der Waals surface area contributed by atoms with Crippen LogP contribution >= 0.6 is 12.4 Å². The number of hydrogen-bond donors (Lipinski definition) is 1. The lowest BCUT2D eigenvalue weighted by atomic mass is 10.1. The molecule has 0 saturated carbocycles. The molecule has 0 spiro atoms. The number of carbonyl (C=O) groups excluding carboxylic acids is 1. The average Bonchev–Trinajstić information content (AvgIpc) is 2.83. The summed E-state index contributed by atoms with van der Waals surface area (Å²) in [6.45, 7) is 5.91. The summed E-state index contributed by atoms with van der Waals surface area (Å²) in [5.74, 6) is -0.734. The Morgan fingerprint density at radius 1 is 1.39 bits per heavy atom. The van der Waals surface area contributed by atoms with Crippen LogP contribution in [0.2, 0.25) is 0 Å². The van der Waals surface area contributed by atoms with Crippen molar-refractivity contribution in [3.05, 3.63) is 47.0 Å². The molecular formula is C16H22ClFN4O. The largest absolute Gasteiger partial charge is 0.338 e. The fourth-order valence-corrected chi connectivity index (χ4v) is 2.25. The second-order valence-corrected chi connectivity index (χ2v) is 5.51. The third kappa shape index (κ3) is 3.89. The molecule has 2 aromatic rings. The third-order valence-electron chi connectivity index (χ3n) is 3.76.